The van der Waals surface area contributed by atoms with Crippen LogP contribution in [-0.2, 0) is 19.4 Å². The van der Waals surface area contributed by atoms with E-state index in [0.29, 0.717) is 5.92 Å². The van der Waals surface area contributed by atoms with Crippen LogP contribution in [0.2, 0.25) is 0 Å². The number of nitrogens with zero attached hydrogens (tertiary/aromatic N) is 5. The van der Waals surface area contributed by atoms with Gasteiger partial charge in [-0.05, 0) is 44.4 Å². The van der Waals surface area contributed by atoms with Crippen LogP contribution < -0.4 is 5.32 Å². The van der Waals surface area contributed by atoms with Gasteiger partial charge < -0.3 is 5.32 Å². The average Bonchev–Trinajstić information content (AvgIpc) is 3.31. The van der Waals surface area contributed by atoms with Crippen LogP contribution >= 0.6 is 11.3 Å². The van der Waals surface area contributed by atoms with E-state index in [2.05, 4.69) is 51.1 Å². The lowest BCUT2D eigenvalue weighted by Gasteiger charge is -2.16. The molecule has 1 saturated heterocycles. The highest BCUT2D eigenvalue weighted by Gasteiger charge is 2.23. The Bertz CT molecular complexity index is 907. The van der Waals surface area contributed by atoms with Gasteiger partial charge in [-0.15, -0.1) is 11.3 Å². The van der Waals surface area contributed by atoms with E-state index in [1.165, 1.54) is 16.9 Å². The van der Waals surface area contributed by atoms with Crippen LogP contribution in [0.3, 0.4) is 0 Å². The number of hydrogen-bond acceptors (Lipinski definition) is 7. The van der Waals surface area contributed by atoms with Crippen LogP contribution in [0.5, 0.6) is 0 Å². The van der Waals surface area contributed by atoms with Crippen molar-refractivity contribution in [2.24, 2.45) is 5.92 Å². The standard InChI is InChI=1S/C21H26N6S/c1-3-19-22-11-17(12-23-19)14-27-8-7-16(13-27)9-18-5-4-6-20(25-18)26-21-24-10-15(2)28-21/h4-6,10-12,16H,3,7-9,13-14H2,1-2H3,(H,24,25,26). The number of hydrogen-bond donors (Lipinski definition) is 1. The zero-order valence-corrected chi connectivity index (χ0v) is 17.2. The minimum Gasteiger partial charge on any atom is -0.316 e. The molecule has 0 spiro atoms. The van der Waals surface area contributed by atoms with Crippen molar-refractivity contribution < 1.29 is 0 Å². The van der Waals surface area contributed by atoms with Crippen molar-refractivity contribution >= 4 is 22.3 Å². The first-order chi connectivity index (χ1) is 13.7. The zero-order chi connectivity index (χ0) is 19.3. The molecule has 1 fully saturated rings. The molecule has 0 amide bonds. The monoisotopic (exact) mass is 394 g/mol. The molecule has 1 N–H and O–H groups in total. The first kappa shape index (κ1) is 19.0. The molecule has 146 valence electrons. The van der Waals surface area contributed by atoms with Crippen molar-refractivity contribution in [3.05, 3.63) is 58.7 Å². The first-order valence-corrected chi connectivity index (χ1v) is 10.7. The van der Waals surface area contributed by atoms with Gasteiger partial charge in [-0.1, -0.05) is 13.0 Å². The van der Waals surface area contributed by atoms with E-state index >= 15 is 0 Å². The Kier molecular flexibility index (Phi) is 5.92. The lowest BCUT2D eigenvalue weighted by atomic mass is 10.0. The fourth-order valence-electron chi connectivity index (χ4n) is 3.61. The van der Waals surface area contributed by atoms with Crippen LogP contribution in [0, 0.1) is 12.8 Å². The minimum absolute atomic E-state index is 0.640. The highest BCUT2D eigenvalue weighted by atomic mass is 32.1. The van der Waals surface area contributed by atoms with E-state index in [0.717, 1.165) is 54.9 Å². The molecular weight excluding hydrogens is 368 g/mol. The van der Waals surface area contributed by atoms with Gasteiger partial charge in [0, 0.05) is 54.2 Å². The van der Waals surface area contributed by atoms with E-state index in [-0.39, 0.29) is 0 Å². The topological polar surface area (TPSA) is 66.8 Å². The Balaban J connectivity index is 1.31. The Morgan fingerprint density at radius 1 is 1.18 bits per heavy atom. The molecule has 0 saturated carbocycles. The van der Waals surface area contributed by atoms with Gasteiger partial charge in [0.1, 0.15) is 11.6 Å². The maximum absolute atomic E-state index is 4.79. The van der Waals surface area contributed by atoms with Crippen molar-refractivity contribution in [1.29, 1.82) is 0 Å². The molecule has 1 atom stereocenters. The van der Waals surface area contributed by atoms with Gasteiger partial charge in [0.25, 0.3) is 0 Å². The SMILES string of the molecule is CCc1ncc(CN2CCC(Cc3cccc(Nc4ncc(C)s4)n3)C2)cn1. The fourth-order valence-corrected chi connectivity index (χ4v) is 4.28. The van der Waals surface area contributed by atoms with Gasteiger partial charge in [-0.3, -0.25) is 4.90 Å². The van der Waals surface area contributed by atoms with Crippen molar-refractivity contribution in [1.82, 2.24) is 24.8 Å². The molecule has 3 aromatic heterocycles. The lowest BCUT2D eigenvalue weighted by molar-refractivity contribution is 0.315. The number of anilines is 2. The summed E-state index contributed by atoms with van der Waals surface area (Å²) < 4.78 is 0. The normalized spacial score (nSPS) is 17.1. The van der Waals surface area contributed by atoms with Crippen molar-refractivity contribution in [2.45, 2.75) is 39.7 Å². The third-order valence-corrected chi connectivity index (χ3v) is 5.84. The van der Waals surface area contributed by atoms with Crippen LogP contribution in [0.1, 0.15) is 35.3 Å². The van der Waals surface area contributed by atoms with Crippen molar-refractivity contribution in [2.75, 3.05) is 18.4 Å². The molecule has 28 heavy (non-hydrogen) atoms. The van der Waals surface area contributed by atoms with Gasteiger partial charge in [0.05, 0.1) is 0 Å². The maximum Gasteiger partial charge on any atom is 0.188 e. The molecule has 4 rings (SSSR count). The molecule has 0 bridgehead atoms. The fraction of sp³-hybridized carbons (Fsp3) is 0.429. The number of pyridine rings is 1. The molecule has 4 heterocycles. The molecule has 0 aliphatic carbocycles. The summed E-state index contributed by atoms with van der Waals surface area (Å²) in [5, 5.41) is 4.21. The second-order valence-corrected chi connectivity index (χ2v) is 8.61. The molecule has 3 aromatic rings. The molecule has 6 nitrogen and oxygen atoms in total. The Morgan fingerprint density at radius 2 is 2.04 bits per heavy atom. The summed E-state index contributed by atoms with van der Waals surface area (Å²) >= 11 is 1.65. The number of likely N-dealkylation sites (tertiary alicyclic amines) is 1. The summed E-state index contributed by atoms with van der Waals surface area (Å²) in [6.45, 7) is 7.29. The second-order valence-electron chi connectivity index (χ2n) is 7.37. The average molecular weight is 395 g/mol. The van der Waals surface area contributed by atoms with Gasteiger partial charge in [0.15, 0.2) is 5.13 Å². The highest BCUT2D eigenvalue weighted by molar-refractivity contribution is 7.15. The van der Waals surface area contributed by atoms with Crippen LogP contribution in [0.4, 0.5) is 10.9 Å². The lowest BCUT2D eigenvalue weighted by Crippen LogP contribution is -2.21. The summed E-state index contributed by atoms with van der Waals surface area (Å²) in [5.41, 5.74) is 2.33. The number of nitrogens with one attached hydrogen (secondary N) is 1. The number of aryl methyl sites for hydroxylation is 2. The van der Waals surface area contributed by atoms with Crippen molar-refractivity contribution in [3.8, 4) is 0 Å². The summed E-state index contributed by atoms with van der Waals surface area (Å²) in [6.07, 6.45) is 8.92. The molecule has 1 aliphatic heterocycles. The molecule has 0 radical (unpaired) electrons. The molecule has 0 aromatic carbocycles. The Morgan fingerprint density at radius 3 is 2.79 bits per heavy atom. The second kappa shape index (κ2) is 8.75. The number of aromatic nitrogens is 4. The number of thiazole rings is 1. The van der Waals surface area contributed by atoms with Gasteiger partial charge >= 0.3 is 0 Å². The van der Waals surface area contributed by atoms with Crippen molar-refractivity contribution in [3.63, 3.8) is 0 Å². The third-order valence-electron chi connectivity index (χ3n) is 5.01. The van der Waals surface area contributed by atoms with Gasteiger partial charge in [-0.2, -0.15) is 0 Å². The van der Waals surface area contributed by atoms with Crippen LogP contribution in [-0.4, -0.2) is 37.9 Å². The highest BCUT2D eigenvalue weighted by Crippen LogP contribution is 2.24. The predicted octanol–water partition coefficient (Wildman–Crippen LogP) is 4.01. The summed E-state index contributed by atoms with van der Waals surface area (Å²) in [6, 6.07) is 6.20. The van der Waals surface area contributed by atoms with Crippen LogP contribution in [0.15, 0.2) is 36.8 Å². The molecular formula is C21H26N6S. The molecule has 1 aliphatic rings. The maximum atomic E-state index is 4.79. The van der Waals surface area contributed by atoms with Gasteiger partial charge in [0.2, 0.25) is 0 Å². The van der Waals surface area contributed by atoms with E-state index in [1.807, 2.05) is 24.7 Å². The summed E-state index contributed by atoms with van der Waals surface area (Å²) in [5.74, 6) is 2.42. The largest absolute Gasteiger partial charge is 0.316 e. The quantitative estimate of drug-likeness (QED) is 0.653. The third kappa shape index (κ3) is 4.91. The minimum atomic E-state index is 0.640. The van der Waals surface area contributed by atoms with Gasteiger partial charge in [-0.25, -0.2) is 19.9 Å². The first-order valence-electron chi connectivity index (χ1n) is 9.85. The summed E-state index contributed by atoms with van der Waals surface area (Å²) in [4.78, 5) is 21.7. The zero-order valence-electron chi connectivity index (χ0n) is 16.4. The Labute approximate surface area is 170 Å². The van der Waals surface area contributed by atoms with E-state index < -0.39 is 0 Å². The Hall–Kier alpha value is -2.38. The number of rotatable bonds is 7. The van der Waals surface area contributed by atoms with E-state index in [9.17, 15) is 0 Å². The van der Waals surface area contributed by atoms with E-state index in [1.54, 1.807) is 11.3 Å². The van der Waals surface area contributed by atoms with Crippen LogP contribution in [0.25, 0.3) is 0 Å². The molecule has 7 heteroatoms. The smallest absolute Gasteiger partial charge is 0.188 e. The molecule has 1 unspecified atom stereocenters. The predicted molar refractivity (Wildman–Crippen MR) is 113 cm³/mol. The van der Waals surface area contributed by atoms with E-state index in [4.69, 9.17) is 4.98 Å². The summed E-state index contributed by atoms with van der Waals surface area (Å²) in [7, 11) is 0.